The largest absolute Gasteiger partial charge is 0.491 e. The fourth-order valence-corrected chi connectivity index (χ4v) is 2.52. The molecular weight excluding hydrogens is 312 g/mol. The minimum Gasteiger partial charge on any atom is -0.491 e. The molecule has 2 aromatic rings. The van der Waals surface area contributed by atoms with Crippen LogP contribution in [-0.2, 0) is 4.79 Å². The quantitative estimate of drug-likeness (QED) is 0.818. The number of aryl methyl sites for hydroxylation is 1. The average Bonchev–Trinajstić information content (AvgIpc) is 3.06. The molecule has 5 nitrogen and oxygen atoms in total. The van der Waals surface area contributed by atoms with Crippen LogP contribution in [0, 0.1) is 6.92 Å². The molecule has 0 aliphatic heterocycles. The molecule has 6 heteroatoms. The van der Waals surface area contributed by atoms with Crippen molar-refractivity contribution in [3.63, 3.8) is 0 Å². The van der Waals surface area contributed by atoms with Gasteiger partial charge in [0.05, 0.1) is 12.6 Å². The molecule has 0 bridgehead atoms. The van der Waals surface area contributed by atoms with Gasteiger partial charge in [-0.1, -0.05) is 17.7 Å². The molecule has 0 radical (unpaired) electrons. The highest BCUT2D eigenvalue weighted by atomic mass is 32.1. The maximum atomic E-state index is 11.8. The lowest BCUT2D eigenvalue weighted by Crippen LogP contribution is -2.43. The summed E-state index contributed by atoms with van der Waals surface area (Å²) in [4.78, 5) is 23.5. The van der Waals surface area contributed by atoms with Gasteiger partial charge in [-0.25, -0.2) is 0 Å². The normalized spacial score (nSPS) is 11.6. The molecule has 1 aromatic carbocycles. The molecule has 1 aromatic heterocycles. The number of hydrogen-bond acceptors (Lipinski definition) is 4. The zero-order valence-corrected chi connectivity index (χ0v) is 14.0. The summed E-state index contributed by atoms with van der Waals surface area (Å²) in [5, 5.41) is 8.93. The predicted molar refractivity (Wildman–Crippen MR) is 90.9 cm³/mol. The summed E-state index contributed by atoms with van der Waals surface area (Å²) in [5.74, 6) is 0.279. The minimum atomic E-state index is -0.245. The van der Waals surface area contributed by atoms with Crippen LogP contribution in [0.2, 0.25) is 0 Å². The molecule has 2 rings (SSSR count). The first kappa shape index (κ1) is 17.0. The summed E-state index contributed by atoms with van der Waals surface area (Å²) in [5.41, 5.74) is 1.73. The minimum absolute atomic E-state index is 0.0520. The van der Waals surface area contributed by atoms with Gasteiger partial charge in [0.1, 0.15) is 12.4 Å². The van der Waals surface area contributed by atoms with E-state index >= 15 is 0 Å². The predicted octanol–water partition coefficient (Wildman–Crippen LogP) is 2.37. The first-order chi connectivity index (χ1) is 11.0. The van der Waals surface area contributed by atoms with E-state index in [0.29, 0.717) is 12.2 Å². The summed E-state index contributed by atoms with van der Waals surface area (Å²) in [6.07, 6.45) is 0. The SMILES string of the molecule is Cc1ccc(OC[C@@H](C)NC(=O)CNC(=O)c2ccsc2)cc1. The van der Waals surface area contributed by atoms with Crippen LogP contribution in [0.15, 0.2) is 41.1 Å². The van der Waals surface area contributed by atoms with E-state index in [1.807, 2.05) is 43.5 Å². The zero-order valence-electron chi connectivity index (χ0n) is 13.2. The van der Waals surface area contributed by atoms with Gasteiger partial charge in [-0.05, 0) is 37.4 Å². The molecule has 0 aliphatic carbocycles. The molecule has 122 valence electrons. The lowest BCUT2D eigenvalue weighted by Gasteiger charge is -2.15. The number of carbonyl (C=O) groups is 2. The van der Waals surface area contributed by atoms with Crippen molar-refractivity contribution in [2.45, 2.75) is 19.9 Å². The number of thiophene rings is 1. The molecule has 1 atom stereocenters. The summed E-state index contributed by atoms with van der Waals surface area (Å²) in [6.45, 7) is 4.18. The third kappa shape index (κ3) is 5.75. The first-order valence-corrected chi connectivity index (χ1v) is 8.28. The molecule has 0 aliphatic rings. The van der Waals surface area contributed by atoms with E-state index in [-0.39, 0.29) is 24.4 Å². The molecule has 23 heavy (non-hydrogen) atoms. The molecule has 0 spiro atoms. The van der Waals surface area contributed by atoms with Crippen LogP contribution < -0.4 is 15.4 Å². The van der Waals surface area contributed by atoms with Crippen LogP contribution in [0.25, 0.3) is 0 Å². The zero-order chi connectivity index (χ0) is 16.7. The molecule has 2 N–H and O–H groups in total. The van der Waals surface area contributed by atoms with Gasteiger partial charge in [0.15, 0.2) is 0 Å². The summed E-state index contributed by atoms with van der Waals surface area (Å²) >= 11 is 1.44. The van der Waals surface area contributed by atoms with Gasteiger partial charge < -0.3 is 15.4 Å². The van der Waals surface area contributed by atoms with Crippen molar-refractivity contribution >= 4 is 23.2 Å². The molecule has 1 heterocycles. The highest BCUT2D eigenvalue weighted by Gasteiger charge is 2.11. The van der Waals surface area contributed by atoms with E-state index in [9.17, 15) is 9.59 Å². The number of hydrogen-bond donors (Lipinski definition) is 2. The summed E-state index contributed by atoms with van der Waals surface area (Å²) < 4.78 is 5.61. The fourth-order valence-electron chi connectivity index (χ4n) is 1.88. The van der Waals surface area contributed by atoms with E-state index in [1.165, 1.54) is 16.9 Å². The Labute approximate surface area is 139 Å². The maximum absolute atomic E-state index is 11.8. The number of rotatable bonds is 7. The molecule has 0 saturated carbocycles. The fraction of sp³-hybridized carbons (Fsp3) is 0.294. The Morgan fingerprint density at radius 3 is 2.61 bits per heavy atom. The Hall–Kier alpha value is -2.34. The van der Waals surface area contributed by atoms with Crippen molar-refractivity contribution in [2.75, 3.05) is 13.2 Å². The van der Waals surface area contributed by atoms with E-state index < -0.39 is 0 Å². The molecular formula is C17H20N2O3S. The Balaban J connectivity index is 1.68. The Morgan fingerprint density at radius 2 is 1.96 bits per heavy atom. The Bertz CT molecular complexity index is 638. The van der Waals surface area contributed by atoms with E-state index in [4.69, 9.17) is 4.74 Å². The molecule has 0 fully saturated rings. The van der Waals surface area contributed by atoms with Crippen LogP contribution >= 0.6 is 11.3 Å². The van der Waals surface area contributed by atoms with Crippen molar-refractivity contribution in [1.82, 2.24) is 10.6 Å². The third-order valence-electron chi connectivity index (χ3n) is 3.12. The Morgan fingerprint density at radius 1 is 1.22 bits per heavy atom. The van der Waals surface area contributed by atoms with Gasteiger partial charge in [0.25, 0.3) is 5.91 Å². The van der Waals surface area contributed by atoms with Crippen molar-refractivity contribution in [1.29, 1.82) is 0 Å². The van der Waals surface area contributed by atoms with Crippen LogP contribution in [-0.4, -0.2) is 31.0 Å². The summed E-state index contributed by atoms with van der Waals surface area (Å²) in [6, 6.07) is 9.30. The van der Waals surface area contributed by atoms with Gasteiger partial charge in [0, 0.05) is 10.9 Å². The topological polar surface area (TPSA) is 67.4 Å². The van der Waals surface area contributed by atoms with Gasteiger partial charge >= 0.3 is 0 Å². The van der Waals surface area contributed by atoms with E-state index in [1.54, 1.807) is 11.4 Å². The second kappa shape index (κ2) is 8.33. The second-order valence-electron chi connectivity index (χ2n) is 5.29. The first-order valence-electron chi connectivity index (χ1n) is 7.34. The van der Waals surface area contributed by atoms with Gasteiger partial charge in [-0.15, -0.1) is 0 Å². The lowest BCUT2D eigenvalue weighted by molar-refractivity contribution is -0.120. The molecule has 2 amide bonds. The summed E-state index contributed by atoms with van der Waals surface area (Å²) in [7, 11) is 0. The highest BCUT2D eigenvalue weighted by molar-refractivity contribution is 7.08. The molecule has 0 unspecified atom stereocenters. The van der Waals surface area contributed by atoms with E-state index in [2.05, 4.69) is 10.6 Å². The van der Waals surface area contributed by atoms with Crippen LogP contribution in [0.4, 0.5) is 0 Å². The van der Waals surface area contributed by atoms with Gasteiger partial charge in [0.2, 0.25) is 5.91 Å². The Kier molecular flexibility index (Phi) is 6.17. The third-order valence-corrected chi connectivity index (χ3v) is 3.80. The van der Waals surface area contributed by atoms with Crippen molar-refractivity contribution < 1.29 is 14.3 Å². The van der Waals surface area contributed by atoms with Crippen molar-refractivity contribution in [3.8, 4) is 5.75 Å². The lowest BCUT2D eigenvalue weighted by atomic mass is 10.2. The number of benzene rings is 1. The van der Waals surface area contributed by atoms with Crippen LogP contribution in [0.3, 0.4) is 0 Å². The number of nitrogens with one attached hydrogen (secondary N) is 2. The maximum Gasteiger partial charge on any atom is 0.252 e. The van der Waals surface area contributed by atoms with Gasteiger partial charge in [-0.3, -0.25) is 9.59 Å². The molecule has 0 saturated heterocycles. The highest BCUT2D eigenvalue weighted by Crippen LogP contribution is 2.11. The second-order valence-corrected chi connectivity index (χ2v) is 6.07. The smallest absolute Gasteiger partial charge is 0.252 e. The van der Waals surface area contributed by atoms with Crippen LogP contribution in [0.5, 0.6) is 5.75 Å². The van der Waals surface area contributed by atoms with Crippen molar-refractivity contribution in [2.24, 2.45) is 0 Å². The monoisotopic (exact) mass is 332 g/mol. The standard InChI is InChI=1S/C17H20N2O3S/c1-12-3-5-15(6-4-12)22-10-13(2)19-16(20)9-18-17(21)14-7-8-23-11-14/h3-8,11,13H,9-10H2,1-2H3,(H,18,21)(H,19,20)/t13-/m1/s1. The van der Waals surface area contributed by atoms with Crippen LogP contribution in [0.1, 0.15) is 22.8 Å². The number of amides is 2. The average molecular weight is 332 g/mol. The van der Waals surface area contributed by atoms with Gasteiger partial charge in [-0.2, -0.15) is 11.3 Å². The van der Waals surface area contributed by atoms with Crippen molar-refractivity contribution in [3.05, 3.63) is 52.2 Å². The number of ether oxygens (including phenoxy) is 1. The number of carbonyl (C=O) groups excluding carboxylic acids is 2. The van der Waals surface area contributed by atoms with E-state index in [0.717, 1.165) is 5.75 Å².